The van der Waals surface area contributed by atoms with E-state index in [2.05, 4.69) is 59.9 Å². The van der Waals surface area contributed by atoms with Gasteiger partial charge in [0.2, 0.25) is 0 Å². The van der Waals surface area contributed by atoms with E-state index in [4.69, 9.17) is 5.73 Å². The Balaban J connectivity index is 0.000000165. The van der Waals surface area contributed by atoms with Gasteiger partial charge in [-0.25, -0.2) is 9.97 Å². The van der Waals surface area contributed by atoms with E-state index >= 15 is 0 Å². The molecule has 32 heavy (non-hydrogen) atoms. The second-order valence-electron chi connectivity index (χ2n) is 7.98. The van der Waals surface area contributed by atoms with Gasteiger partial charge in [0, 0.05) is 55.5 Å². The molecule has 0 aliphatic carbocycles. The molecule has 0 spiro atoms. The molecular formula is C25H25N7. The fraction of sp³-hybridized carbons (Fsp3) is 0.200. The normalized spacial score (nSPS) is 13.3. The highest BCUT2D eigenvalue weighted by molar-refractivity contribution is 5.96. The number of nitrogens with zero attached hydrogens (tertiary/aromatic N) is 6. The number of nitrogen functional groups attached to an aromatic ring is 1. The molecule has 0 bridgehead atoms. The monoisotopic (exact) mass is 423 g/mol. The average molecular weight is 424 g/mol. The lowest BCUT2D eigenvalue weighted by atomic mass is 10.0. The lowest BCUT2D eigenvalue weighted by Crippen LogP contribution is -2.17. The van der Waals surface area contributed by atoms with Gasteiger partial charge in [-0.3, -0.25) is 9.97 Å². The third kappa shape index (κ3) is 3.97. The molecule has 160 valence electrons. The van der Waals surface area contributed by atoms with Gasteiger partial charge in [-0.15, -0.1) is 0 Å². The molecule has 6 rings (SSSR count). The third-order valence-corrected chi connectivity index (χ3v) is 5.81. The fourth-order valence-corrected chi connectivity index (χ4v) is 4.18. The molecule has 1 aliphatic rings. The van der Waals surface area contributed by atoms with Crippen LogP contribution in [0.3, 0.4) is 0 Å². The molecule has 4 heterocycles. The molecule has 0 atom stereocenters. The number of fused-ring (bicyclic) bond motifs is 2. The Morgan fingerprint density at radius 3 is 2.50 bits per heavy atom. The van der Waals surface area contributed by atoms with Gasteiger partial charge in [0.15, 0.2) is 0 Å². The molecule has 0 amide bonds. The molecule has 7 nitrogen and oxygen atoms in total. The molecule has 1 aliphatic heterocycles. The summed E-state index contributed by atoms with van der Waals surface area (Å²) in [7, 11) is 2.05. The van der Waals surface area contributed by atoms with E-state index in [1.807, 2.05) is 31.6 Å². The molecule has 2 N–H and O–H groups in total. The Bertz CT molecular complexity index is 1360. The second kappa shape index (κ2) is 8.63. The summed E-state index contributed by atoms with van der Waals surface area (Å²) < 4.78 is 2.11. The molecule has 3 aromatic heterocycles. The SMILES string of the molecule is Cn1ccc2ccc(-c3cc(N)cc4nccnc34)cc21.c1ncc(N2CCCC2)cn1. The first kappa shape index (κ1) is 19.9. The van der Waals surface area contributed by atoms with E-state index in [9.17, 15) is 0 Å². The van der Waals surface area contributed by atoms with Crippen molar-refractivity contribution in [2.45, 2.75) is 12.8 Å². The smallest absolute Gasteiger partial charge is 0.115 e. The summed E-state index contributed by atoms with van der Waals surface area (Å²) in [4.78, 5) is 19.1. The van der Waals surface area contributed by atoms with E-state index in [1.54, 1.807) is 18.7 Å². The fourth-order valence-electron chi connectivity index (χ4n) is 4.18. The summed E-state index contributed by atoms with van der Waals surface area (Å²) in [6, 6.07) is 12.3. The van der Waals surface area contributed by atoms with E-state index < -0.39 is 0 Å². The molecule has 0 radical (unpaired) electrons. The molecule has 2 aromatic carbocycles. The number of hydrogen-bond acceptors (Lipinski definition) is 6. The summed E-state index contributed by atoms with van der Waals surface area (Å²) in [5.41, 5.74) is 12.9. The van der Waals surface area contributed by atoms with Gasteiger partial charge in [0.1, 0.15) is 6.33 Å². The molecule has 7 heteroatoms. The topological polar surface area (TPSA) is 85.8 Å². The van der Waals surface area contributed by atoms with Crippen LogP contribution in [-0.4, -0.2) is 37.6 Å². The standard InChI is InChI=1S/C17H14N4.C8H11N3/c1-21-7-4-11-2-3-12(8-16(11)21)14-9-13(18)10-15-17(14)20-6-5-19-15;1-2-4-11(3-1)8-5-9-7-10-6-8/h2-10H,18H2,1H3;5-7H,1-4H2. The van der Waals surface area contributed by atoms with Crippen LogP contribution in [0.25, 0.3) is 33.1 Å². The predicted molar refractivity (Wildman–Crippen MR) is 129 cm³/mol. The van der Waals surface area contributed by atoms with Gasteiger partial charge in [-0.1, -0.05) is 12.1 Å². The highest BCUT2D eigenvalue weighted by Crippen LogP contribution is 2.31. The largest absolute Gasteiger partial charge is 0.399 e. The summed E-state index contributed by atoms with van der Waals surface area (Å²) in [5.74, 6) is 0. The minimum absolute atomic E-state index is 0.699. The molecular weight excluding hydrogens is 398 g/mol. The van der Waals surface area contributed by atoms with Crippen LogP contribution < -0.4 is 10.6 Å². The van der Waals surface area contributed by atoms with E-state index in [-0.39, 0.29) is 0 Å². The highest BCUT2D eigenvalue weighted by atomic mass is 15.2. The quantitative estimate of drug-likeness (QED) is 0.422. The zero-order valence-electron chi connectivity index (χ0n) is 18.0. The van der Waals surface area contributed by atoms with Crippen LogP contribution in [0.1, 0.15) is 12.8 Å². The van der Waals surface area contributed by atoms with Crippen LogP contribution in [0.4, 0.5) is 11.4 Å². The van der Waals surface area contributed by atoms with Crippen LogP contribution in [0.2, 0.25) is 0 Å². The van der Waals surface area contributed by atoms with E-state index in [0.29, 0.717) is 5.69 Å². The minimum atomic E-state index is 0.699. The summed E-state index contributed by atoms with van der Waals surface area (Å²) in [6.45, 7) is 2.32. The molecule has 0 unspecified atom stereocenters. The van der Waals surface area contributed by atoms with Gasteiger partial charge in [-0.05, 0) is 48.1 Å². The second-order valence-corrected chi connectivity index (χ2v) is 7.98. The molecule has 1 saturated heterocycles. The van der Waals surface area contributed by atoms with Gasteiger partial charge in [0.05, 0.1) is 29.1 Å². The number of aromatic nitrogens is 5. The molecule has 5 aromatic rings. The molecule has 0 saturated carbocycles. The van der Waals surface area contributed by atoms with Crippen molar-refractivity contribution in [2.24, 2.45) is 7.05 Å². The lowest BCUT2D eigenvalue weighted by molar-refractivity contribution is 0.949. The average Bonchev–Trinajstić information content (AvgIpc) is 3.50. The number of nitrogens with two attached hydrogens (primary N) is 1. The van der Waals surface area contributed by atoms with Crippen LogP contribution >= 0.6 is 0 Å². The maximum atomic E-state index is 6.01. The Hall–Kier alpha value is -4.00. The lowest BCUT2D eigenvalue weighted by Gasteiger charge is -2.15. The first-order valence-electron chi connectivity index (χ1n) is 10.7. The van der Waals surface area contributed by atoms with Gasteiger partial charge in [-0.2, -0.15) is 0 Å². The van der Waals surface area contributed by atoms with E-state index in [1.165, 1.54) is 23.7 Å². The van der Waals surface area contributed by atoms with Crippen molar-refractivity contribution in [1.29, 1.82) is 0 Å². The Labute approximate surface area is 186 Å². The van der Waals surface area contributed by atoms with E-state index in [0.717, 1.165) is 40.9 Å². The summed E-state index contributed by atoms with van der Waals surface area (Å²) in [5, 5.41) is 1.22. The van der Waals surface area contributed by atoms with Crippen molar-refractivity contribution < 1.29 is 0 Å². The number of aryl methyl sites for hydroxylation is 1. The van der Waals surface area contributed by atoms with Crippen molar-refractivity contribution in [1.82, 2.24) is 24.5 Å². The zero-order valence-corrected chi connectivity index (χ0v) is 18.0. The first-order chi connectivity index (χ1) is 15.7. The Morgan fingerprint density at radius 2 is 1.69 bits per heavy atom. The molecule has 1 fully saturated rings. The number of benzene rings is 2. The number of rotatable bonds is 2. The third-order valence-electron chi connectivity index (χ3n) is 5.81. The summed E-state index contributed by atoms with van der Waals surface area (Å²) in [6.07, 6.45) is 13.4. The highest BCUT2D eigenvalue weighted by Gasteiger charge is 2.12. The maximum Gasteiger partial charge on any atom is 0.115 e. The van der Waals surface area contributed by atoms with Gasteiger partial charge < -0.3 is 15.2 Å². The van der Waals surface area contributed by atoms with Crippen LogP contribution in [0.15, 0.2) is 73.7 Å². The first-order valence-corrected chi connectivity index (χ1v) is 10.7. The zero-order chi connectivity index (χ0) is 21.9. The maximum absolute atomic E-state index is 6.01. The van der Waals surface area contributed by atoms with Crippen molar-refractivity contribution >= 4 is 33.3 Å². The number of hydrogen-bond donors (Lipinski definition) is 1. The van der Waals surface area contributed by atoms with Crippen molar-refractivity contribution in [3.05, 3.63) is 73.7 Å². The van der Waals surface area contributed by atoms with Gasteiger partial charge in [0.25, 0.3) is 0 Å². The van der Waals surface area contributed by atoms with Crippen molar-refractivity contribution in [2.75, 3.05) is 23.7 Å². The van der Waals surface area contributed by atoms with Crippen LogP contribution in [-0.2, 0) is 7.05 Å². The Morgan fingerprint density at radius 1 is 0.906 bits per heavy atom. The van der Waals surface area contributed by atoms with Crippen LogP contribution in [0.5, 0.6) is 0 Å². The van der Waals surface area contributed by atoms with Crippen molar-refractivity contribution in [3.63, 3.8) is 0 Å². The van der Waals surface area contributed by atoms with Gasteiger partial charge >= 0.3 is 0 Å². The van der Waals surface area contributed by atoms with Crippen molar-refractivity contribution in [3.8, 4) is 11.1 Å². The summed E-state index contributed by atoms with van der Waals surface area (Å²) >= 11 is 0. The number of anilines is 2. The van der Waals surface area contributed by atoms with Crippen LogP contribution in [0, 0.1) is 0 Å². The Kier molecular flexibility index (Phi) is 5.37. The minimum Gasteiger partial charge on any atom is -0.399 e. The predicted octanol–water partition coefficient (Wildman–Crippen LogP) is 4.45.